The van der Waals surface area contributed by atoms with Crippen LogP contribution in [0.2, 0.25) is 0 Å². The predicted molar refractivity (Wildman–Crippen MR) is 93.3 cm³/mol. The lowest BCUT2D eigenvalue weighted by molar-refractivity contribution is -0.142. The van der Waals surface area contributed by atoms with Crippen molar-refractivity contribution in [1.29, 1.82) is 0 Å². The van der Waals surface area contributed by atoms with Gasteiger partial charge in [-0.2, -0.15) is 13.2 Å². The molecule has 25 heavy (non-hydrogen) atoms. The minimum Gasteiger partial charge on any atom is -0.354 e. The molecule has 1 aromatic heterocycles. The maximum absolute atomic E-state index is 13.2. The molecule has 0 spiro atoms. The van der Waals surface area contributed by atoms with E-state index in [9.17, 15) is 18.0 Å². The third-order valence-corrected chi connectivity index (χ3v) is 4.10. The van der Waals surface area contributed by atoms with E-state index in [0.717, 1.165) is 0 Å². The van der Waals surface area contributed by atoms with Gasteiger partial charge in [-0.25, -0.2) is 9.97 Å². The van der Waals surface area contributed by atoms with Gasteiger partial charge in [0.05, 0.1) is 0 Å². The van der Waals surface area contributed by atoms with Crippen molar-refractivity contribution in [3.05, 3.63) is 22.8 Å². The van der Waals surface area contributed by atoms with Gasteiger partial charge < -0.3 is 10.6 Å². The van der Waals surface area contributed by atoms with Gasteiger partial charge in [0.1, 0.15) is 5.82 Å². The van der Waals surface area contributed by atoms with E-state index in [1.54, 1.807) is 7.05 Å². The maximum Gasteiger partial charge on any atom is 0.433 e. The van der Waals surface area contributed by atoms with Crippen LogP contribution in [0.5, 0.6) is 0 Å². The molecule has 2 N–H and O–H groups in total. The lowest BCUT2D eigenvalue weighted by Gasteiger charge is -2.26. The number of carbonyl (C=O) groups is 1. The number of amides is 1. The van der Waals surface area contributed by atoms with Gasteiger partial charge in [0.25, 0.3) is 0 Å². The highest BCUT2D eigenvalue weighted by molar-refractivity contribution is 5.85. The topological polar surface area (TPSA) is 66.9 Å². The summed E-state index contributed by atoms with van der Waals surface area (Å²) in [6.45, 7) is 3.80. The van der Waals surface area contributed by atoms with Gasteiger partial charge in [-0.15, -0.1) is 24.8 Å². The summed E-state index contributed by atoms with van der Waals surface area (Å²) in [5.41, 5.74) is -0.422. The highest BCUT2D eigenvalue weighted by Gasteiger charge is 2.39. The second-order valence-corrected chi connectivity index (χ2v) is 5.92. The molecule has 1 aliphatic rings. The Morgan fingerprint density at radius 3 is 2.52 bits per heavy atom. The molecule has 0 aliphatic heterocycles. The summed E-state index contributed by atoms with van der Waals surface area (Å²) in [7, 11) is 1.78. The molecule has 1 aromatic rings. The van der Waals surface area contributed by atoms with Gasteiger partial charge in [0.15, 0.2) is 5.69 Å². The summed E-state index contributed by atoms with van der Waals surface area (Å²) in [6, 6.07) is 0.103. The summed E-state index contributed by atoms with van der Waals surface area (Å²) >= 11 is 0. The number of carbonyl (C=O) groups excluding carboxylic acids is 1. The predicted octanol–water partition coefficient (Wildman–Crippen LogP) is 2.48. The van der Waals surface area contributed by atoms with Crippen molar-refractivity contribution in [2.24, 2.45) is 5.92 Å². The van der Waals surface area contributed by atoms with Crippen molar-refractivity contribution in [2.75, 3.05) is 13.6 Å². The molecular formula is C15H23Cl2F3N4O. The van der Waals surface area contributed by atoms with Gasteiger partial charge in [0.2, 0.25) is 5.91 Å². The van der Waals surface area contributed by atoms with Crippen molar-refractivity contribution in [3.8, 4) is 0 Å². The smallest absolute Gasteiger partial charge is 0.354 e. The second-order valence-electron chi connectivity index (χ2n) is 5.92. The number of aryl methyl sites for hydroxylation is 2. The third kappa shape index (κ3) is 5.97. The SMILES string of the molecule is CNC(C)CNC(=O)C1CCc2nc(C)nc(C(F)(F)F)c2C1.Cl.Cl. The first kappa shape index (κ1) is 23.9. The number of likely N-dealkylation sites (N-methyl/N-ethyl adjacent to an activating group) is 1. The Balaban J connectivity index is 0.00000288. The van der Waals surface area contributed by atoms with E-state index >= 15 is 0 Å². The number of nitrogens with zero attached hydrogens (tertiary/aromatic N) is 2. The fourth-order valence-electron chi connectivity index (χ4n) is 2.69. The van der Waals surface area contributed by atoms with E-state index < -0.39 is 17.8 Å². The summed E-state index contributed by atoms with van der Waals surface area (Å²) in [5, 5.41) is 5.77. The van der Waals surface area contributed by atoms with E-state index in [1.165, 1.54) is 6.92 Å². The van der Waals surface area contributed by atoms with E-state index in [1.807, 2.05) is 6.92 Å². The van der Waals surface area contributed by atoms with E-state index in [0.29, 0.717) is 25.1 Å². The van der Waals surface area contributed by atoms with Crippen molar-refractivity contribution >= 4 is 30.7 Å². The second kappa shape index (κ2) is 9.54. The molecule has 144 valence electrons. The molecule has 1 aliphatic carbocycles. The monoisotopic (exact) mass is 402 g/mol. The van der Waals surface area contributed by atoms with Crippen LogP contribution < -0.4 is 10.6 Å². The van der Waals surface area contributed by atoms with Gasteiger partial charge in [-0.05, 0) is 40.2 Å². The Kier molecular flexibility index (Phi) is 9.12. The van der Waals surface area contributed by atoms with Crippen LogP contribution in [0.3, 0.4) is 0 Å². The Morgan fingerprint density at radius 2 is 1.96 bits per heavy atom. The lowest BCUT2D eigenvalue weighted by atomic mass is 9.85. The van der Waals surface area contributed by atoms with Crippen molar-refractivity contribution in [3.63, 3.8) is 0 Å². The maximum atomic E-state index is 13.2. The Morgan fingerprint density at radius 1 is 1.32 bits per heavy atom. The number of hydrogen-bond acceptors (Lipinski definition) is 4. The molecule has 1 heterocycles. The number of hydrogen-bond donors (Lipinski definition) is 2. The molecule has 2 rings (SSSR count). The summed E-state index contributed by atoms with van der Waals surface area (Å²) in [5.74, 6) is -0.577. The average molecular weight is 403 g/mol. The van der Waals surface area contributed by atoms with Crippen LogP contribution in [-0.4, -0.2) is 35.5 Å². The van der Waals surface area contributed by atoms with Crippen LogP contribution in [0.25, 0.3) is 0 Å². The highest BCUT2D eigenvalue weighted by atomic mass is 35.5. The van der Waals surface area contributed by atoms with Crippen LogP contribution in [0.4, 0.5) is 13.2 Å². The van der Waals surface area contributed by atoms with Crippen LogP contribution in [0, 0.1) is 12.8 Å². The minimum absolute atomic E-state index is 0. The number of halogens is 5. The van der Waals surface area contributed by atoms with Gasteiger partial charge in [-0.3, -0.25) is 4.79 Å². The van der Waals surface area contributed by atoms with Crippen molar-refractivity contribution < 1.29 is 18.0 Å². The zero-order chi connectivity index (χ0) is 17.2. The highest BCUT2D eigenvalue weighted by Crippen LogP contribution is 2.35. The number of aromatic nitrogens is 2. The number of nitrogens with one attached hydrogen (secondary N) is 2. The first-order valence-electron chi connectivity index (χ1n) is 7.61. The van der Waals surface area contributed by atoms with Gasteiger partial charge in [0, 0.05) is 29.8 Å². The zero-order valence-corrected chi connectivity index (χ0v) is 15.9. The molecule has 0 saturated carbocycles. The Labute approximate surface area is 157 Å². The lowest BCUT2D eigenvalue weighted by Crippen LogP contribution is -2.41. The van der Waals surface area contributed by atoms with Crippen LogP contribution >= 0.6 is 24.8 Å². The van der Waals surface area contributed by atoms with Crippen molar-refractivity contribution in [1.82, 2.24) is 20.6 Å². The zero-order valence-electron chi connectivity index (χ0n) is 14.2. The molecule has 5 nitrogen and oxygen atoms in total. The molecule has 10 heteroatoms. The summed E-state index contributed by atoms with van der Waals surface area (Å²) in [4.78, 5) is 19.9. The minimum atomic E-state index is -4.53. The standard InChI is InChI=1S/C15H21F3N4O.2ClH/c1-8(19-3)7-20-14(23)10-4-5-12-11(6-10)13(15(16,17)18)22-9(2)21-12;;/h8,10,19H,4-7H2,1-3H3,(H,20,23);2*1H. The number of alkyl halides is 3. The van der Waals surface area contributed by atoms with Crippen molar-refractivity contribution in [2.45, 2.75) is 45.3 Å². The van der Waals surface area contributed by atoms with Crippen LogP contribution in [0.15, 0.2) is 0 Å². The Hall–Kier alpha value is -1.12. The molecule has 0 saturated heterocycles. The molecule has 0 radical (unpaired) electrons. The molecular weight excluding hydrogens is 380 g/mol. The average Bonchev–Trinajstić information content (AvgIpc) is 2.49. The normalized spacial score (nSPS) is 17.6. The van der Waals surface area contributed by atoms with Gasteiger partial charge >= 0.3 is 6.18 Å². The molecule has 1 amide bonds. The van der Waals surface area contributed by atoms with E-state index in [4.69, 9.17) is 0 Å². The molecule has 0 fully saturated rings. The van der Waals surface area contributed by atoms with E-state index in [2.05, 4.69) is 20.6 Å². The van der Waals surface area contributed by atoms with E-state index in [-0.39, 0.29) is 54.6 Å². The van der Waals surface area contributed by atoms with Gasteiger partial charge in [-0.1, -0.05) is 0 Å². The summed E-state index contributed by atoms with van der Waals surface area (Å²) in [6.07, 6.45) is -3.64. The fraction of sp³-hybridized carbons (Fsp3) is 0.667. The fourth-order valence-corrected chi connectivity index (χ4v) is 2.69. The molecule has 2 unspecified atom stereocenters. The first-order chi connectivity index (χ1) is 10.7. The Bertz CT molecular complexity index is 599. The van der Waals surface area contributed by atoms with Crippen LogP contribution in [0.1, 0.15) is 36.1 Å². The van der Waals surface area contributed by atoms with Crippen LogP contribution in [-0.2, 0) is 23.8 Å². The largest absolute Gasteiger partial charge is 0.433 e. The third-order valence-electron chi connectivity index (χ3n) is 4.10. The molecule has 2 atom stereocenters. The quantitative estimate of drug-likeness (QED) is 0.811. The number of rotatable bonds is 4. The summed E-state index contributed by atoms with van der Waals surface area (Å²) < 4.78 is 39.6. The molecule has 0 aromatic carbocycles. The molecule has 0 bridgehead atoms. The number of fused-ring (bicyclic) bond motifs is 1. The first-order valence-corrected chi connectivity index (χ1v) is 7.61.